The standard InChI is InChI=1S/C14H24N4O3/c1-4-12-16-14(21-17-12)8-15-13(19)7-11-9-18(10(2)3)5-6-20-11/h10-11H,4-9H2,1-3H3,(H,15,19)/t11-/m1/s1. The van der Waals surface area contributed by atoms with Gasteiger partial charge >= 0.3 is 0 Å². The van der Waals surface area contributed by atoms with E-state index in [9.17, 15) is 4.79 Å². The third kappa shape index (κ3) is 4.78. The van der Waals surface area contributed by atoms with Crippen molar-refractivity contribution in [3.63, 3.8) is 0 Å². The molecule has 0 saturated carbocycles. The largest absolute Gasteiger partial charge is 0.375 e. The summed E-state index contributed by atoms with van der Waals surface area (Å²) >= 11 is 0. The second-order valence-electron chi connectivity index (χ2n) is 5.52. The summed E-state index contributed by atoms with van der Waals surface area (Å²) < 4.78 is 10.7. The number of carbonyl (C=O) groups is 1. The van der Waals surface area contributed by atoms with E-state index in [0.29, 0.717) is 30.8 Å². The highest BCUT2D eigenvalue weighted by molar-refractivity contribution is 5.76. The molecule has 1 aromatic heterocycles. The Labute approximate surface area is 125 Å². The molecule has 1 amide bonds. The molecular formula is C14H24N4O3. The number of nitrogens with zero attached hydrogens (tertiary/aromatic N) is 3. The molecule has 118 valence electrons. The zero-order valence-electron chi connectivity index (χ0n) is 13.0. The lowest BCUT2D eigenvalue weighted by molar-refractivity contribution is -0.126. The molecule has 7 nitrogen and oxygen atoms in total. The van der Waals surface area contributed by atoms with Gasteiger partial charge in [0.1, 0.15) is 0 Å². The van der Waals surface area contributed by atoms with Crippen LogP contribution in [0, 0.1) is 0 Å². The average Bonchev–Trinajstić information content (AvgIpc) is 2.93. The van der Waals surface area contributed by atoms with E-state index in [1.807, 2.05) is 6.92 Å². The van der Waals surface area contributed by atoms with Gasteiger partial charge in [0.05, 0.1) is 25.7 Å². The molecule has 0 bridgehead atoms. The fourth-order valence-corrected chi connectivity index (χ4v) is 2.29. The van der Waals surface area contributed by atoms with Crippen molar-refractivity contribution < 1.29 is 14.1 Å². The highest BCUT2D eigenvalue weighted by Gasteiger charge is 2.24. The predicted molar refractivity (Wildman–Crippen MR) is 76.6 cm³/mol. The minimum Gasteiger partial charge on any atom is -0.375 e. The van der Waals surface area contributed by atoms with Gasteiger partial charge in [0, 0.05) is 25.6 Å². The Hall–Kier alpha value is -1.47. The van der Waals surface area contributed by atoms with Crippen molar-refractivity contribution in [1.82, 2.24) is 20.4 Å². The summed E-state index contributed by atoms with van der Waals surface area (Å²) in [6.45, 7) is 8.94. The van der Waals surface area contributed by atoms with Crippen molar-refractivity contribution in [2.24, 2.45) is 0 Å². The molecule has 1 saturated heterocycles. The molecule has 1 aromatic rings. The van der Waals surface area contributed by atoms with Crippen LogP contribution in [0.1, 0.15) is 38.9 Å². The normalized spacial score (nSPS) is 19.9. The summed E-state index contributed by atoms with van der Waals surface area (Å²) in [6.07, 6.45) is 1.03. The molecule has 21 heavy (non-hydrogen) atoms. The monoisotopic (exact) mass is 296 g/mol. The molecule has 0 radical (unpaired) electrons. The van der Waals surface area contributed by atoms with E-state index in [-0.39, 0.29) is 18.6 Å². The summed E-state index contributed by atoms with van der Waals surface area (Å²) in [4.78, 5) is 18.4. The molecule has 1 fully saturated rings. The van der Waals surface area contributed by atoms with E-state index in [0.717, 1.165) is 19.5 Å². The first-order chi connectivity index (χ1) is 10.1. The second kappa shape index (κ2) is 7.51. The number of morpholine rings is 1. The third-order valence-corrected chi connectivity index (χ3v) is 3.58. The van der Waals surface area contributed by atoms with Crippen LogP contribution in [0.25, 0.3) is 0 Å². The van der Waals surface area contributed by atoms with Crippen LogP contribution < -0.4 is 5.32 Å². The third-order valence-electron chi connectivity index (χ3n) is 3.58. The van der Waals surface area contributed by atoms with E-state index >= 15 is 0 Å². The minimum absolute atomic E-state index is 0.0463. The fraction of sp³-hybridized carbons (Fsp3) is 0.786. The van der Waals surface area contributed by atoms with Crippen LogP contribution in [0.5, 0.6) is 0 Å². The lowest BCUT2D eigenvalue weighted by Gasteiger charge is -2.35. The van der Waals surface area contributed by atoms with Crippen molar-refractivity contribution in [3.05, 3.63) is 11.7 Å². The molecule has 1 aliphatic heterocycles. The first-order valence-electron chi connectivity index (χ1n) is 7.52. The number of hydrogen-bond acceptors (Lipinski definition) is 6. The van der Waals surface area contributed by atoms with Crippen molar-refractivity contribution in [1.29, 1.82) is 0 Å². The van der Waals surface area contributed by atoms with Crippen LogP contribution in [0.4, 0.5) is 0 Å². The summed E-state index contributed by atoms with van der Waals surface area (Å²) in [5, 5.41) is 6.58. The maximum absolute atomic E-state index is 11.9. The van der Waals surface area contributed by atoms with Gasteiger partial charge < -0.3 is 14.6 Å². The Morgan fingerprint density at radius 3 is 3.00 bits per heavy atom. The van der Waals surface area contributed by atoms with E-state index < -0.39 is 0 Å². The lowest BCUT2D eigenvalue weighted by atomic mass is 10.1. The highest BCUT2D eigenvalue weighted by Crippen LogP contribution is 2.11. The number of ether oxygens (including phenoxy) is 1. The molecule has 1 atom stereocenters. The molecule has 2 heterocycles. The topological polar surface area (TPSA) is 80.5 Å². The maximum atomic E-state index is 11.9. The predicted octanol–water partition coefficient (Wildman–Crippen LogP) is 0.748. The number of aryl methyl sites for hydroxylation is 1. The molecule has 2 rings (SSSR count). The van der Waals surface area contributed by atoms with Gasteiger partial charge in [0.25, 0.3) is 0 Å². The Morgan fingerprint density at radius 1 is 1.52 bits per heavy atom. The minimum atomic E-state index is -0.0538. The van der Waals surface area contributed by atoms with E-state index in [1.165, 1.54) is 0 Å². The number of hydrogen-bond donors (Lipinski definition) is 1. The summed E-state index contributed by atoms with van der Waals surface area (Å²) in [7, 11) is 0. The van der Waals surface area contributed by atoms with Crippen LogP contribution in [0.15, 0.2) is 4.52 Å². The van der Waals surface area contributed by atoms with Crippen LogP contribution >= 0.6 is 0 Å². The van der Waals surface area contributed by atoms with Gasteiger partial charge in [-0.15, -0.1) is 0 Å². The smallest absolute Gasteiger partial charge is 0.246 e. The first-order valence-corrected chi connectivity index (χ1v) is 7.52. The van der Waals surface area contributed by atoms with Crippen molar-refractivity contribution >= 4 is 5.91 Å². The number of aromatic nitrogens is 2. The Kier molecular flexibility index (Phi) is 5.69. The van der Waals surface area contributed by atoms with Crippen molar-refractivity contribution in [2.75, 3.05) is 19.7 Å². The zero-order valence-corrected chi connectivity index (χ0v) is 13.0. The van der Waals surface area contributed by atoms with Gasteiger partial charge in [-0.1, -0.05) is 12.1 Å². The van der Waals surface area contributed by atoms with Crippen molar-refractivity contribution in [3.8, 4) is 0 Å². The molecule has 1 aliphatic rings. The molecule has 1 N–H and O–H groups in total. The Balaban J connectivity index is 1.73. The van der Waals surface area contributed by atoms with Crippen LogP contribution in [-0.2, 0) is 22.5 Å². The average molecular weight is 296 g/mol. The maximum Gasteiger partial charge on any atom is 0.246 e. The molecule has 7 heteroatoms. The van der Waals surface area contributed by atoms with Crippen LogP contribution in [-0.4, -0.2) is 52.8 Å². The lowest BCUT2D eigenvalue weighted by Crippen LogP contribution is -2.47. The Morgan fingerprint density at radius 2 is 2.33 bits per heavy atom. The summed E-state index contributed by atoms with van der Waals surface area (Å²) in [6, 6.07) is 0.477. The SMILES string of the molecule is CCc1noc(CNC(=O)C[C@@H]2CN(C(C)C)CCO2)n1. The molecular weight excluding hydrogens is 272 g/mol. The second-order valence-corrected chi connectivity index (χ2v) is 5.52. The first kappa shape index (κ1) is 15.9. The number of amides is 1. The summed E-state index contributed by atoms with van der Waals surface area (Å²) in [5.41, 5.74) is 0. The Bertz CT molecular complexity index is 461. The van der Waals surface area contributed by atoms with Gasteiger partial charge in [0.15, 0.2) is 5.82 Å². The van der Waals surface area contributed by atoms with Gasteiger partial charge in [-0.05, 0) is 13.8 Å². The zero-order chi connectivity index (χ0) is 15.2. The molecule has 0 spiro atoms. The number of rotatable bonds is 6. The van der Waals surface area contributed by atoms with E-state index in [4.69, 9.17) is 9.26 Å². The van der Waals surface area contributed by atoms with Crippen LogP contribution in [0.2, 0.25) is 0 Å². The molecule has 0 unspecified atom stereocenters. The number of carbonyl (C=O) groups excluding carboxylic acids is 1. The van der Waals surface area contributed by atoms with Gasteiger partial charge in [-0.25, -0.2) is 0 Å². The van der Waals surface area contributed by atoms with Gasteiger partial charge in [-0.2, -0.15) is 4.98 Å². The summed E-state index contributed by atoms with van der Waals surface area (Å²) in [5.74, 6) is 1.04. The molecule has 0 aromatic carbocycles. The molecule has 0 aliphatic carbocycles. The highest BCUT2D eigenvalue weighted by atomic mass is 16.5. The van der Waals surface area contributed by atoms with E-state index in [2.05, 4.69) is 34.2 Å². The van der Waals surface area contributed by atoms with E-state index in [1.54, 1.807) is 0 Å². The number of nitrogens with one attached hydrogen (secondary N) is 1. The van der Waals surface area contributed by atoms with Crippen LogP contribution in [0.3, 0.4) is 0 Å². The quantitative estimate of drug-likeness (QED) is 0.834. The fourth-order valence-electron chi connectivity index (χ4n) is 2.29. The van der Waals surface area contributed by atoms with Gasteiger partial charge in [0.2, 0.25) is 11.8 Å². The van der Waals surface area contributed by atoms with Gasteiger partial charge in [-0.3, -0.25) is 9.69 Å². The van der Waals surface area contributed by atoms with Crippen molar-refractivity contribution in [2.45, 2.75) is 52.3 Å².